The SMILES string of the molecule is O=C(O)/C=C/C(=O)Nc1ccc(SCC(=O)Nc2nc(-c3ccc(F)cc3)cs2)cc1. The molecule has 2 aromatic carbocycles. The molecule has 3 aromatic rings. The van der Waals surface area contributed by atoms with E-state index in [-0.39, 0.29) is 17.5 Å². The molecular weight excluding hydrogens is 441 g/mol. The number of thiazole rings is 1. The first kappa shape index (κ1) is 22.2. The van der Waals surface area contributed by atoms with Gasteiger partial charge in [0.25, 0.3) is 0 Å². The zero-order valence-corrected chi connectivity index (χ0v) is 17.5. The summed E-state index contributed by atoms with van der Waals surface area (Å²) in [5, 5.41) is 16.0. The topological polar surface area (TPSA) is 108 Å². The number of carbonyl (C=O) groups excluding carboxylic acids is 2. The summed E-state index contributed by atoms with van der Waals surface area (Å²) in [4.78, 5) is 39.3. The fraction of sp³-hybridized carbons (Fsp3) is 0.0476. The molecule has 158 valence electrons. The van der Waals surface area contributed by atoms with Gasteiger partial charge < -0.3 is 15.7 Å². The van der Waals surface area contributed by atoms with Gasteiger partial charge in [-0.3, -0.25) is 9.59 Å². The van der Waals surface area contributed by atoms with E-state index in [4.69, 9.17) is 5.11 Å². The number of hydrogen-bond donors (Lipinski definition) is 3. The summed E-state index contributed by atoms with van der Waals surface area (Å²) in [5.41, 5.74) is 1.92. The largest absolute Gasteiger partial charge is 0.478 e. The molecule has 3 rings (SSSR count). The van der Waals surface area contributed by atoms with E-state index >= 15 is 0 Å². The number of thioether (sulfide) groups is 1. The number of halogens is 1. The number of aromatic nitrogens is 1. The number of benzene rings is 2. The van der Waals surface area contributed by atoms with E-state index in [1.807, 2.05) is 0 Å². The van der Waals surface area contributed by atoms with Crippen molar-refractivity contribution in [2.24, 2.45) is 0 Å². The molecule has 0 aliphatic heterocycles. The van der Waals surface area contributed by atoms with Crippen LogP contribution in [0.15, 0.2) is 71.0 Å². The van der Waals surface area contributed by atoms with Crippen molar-refractivity contribution in [1.29, 1.82) is 0 Å². The number of carboxylic acid groups (broad SMARTS) is 1. The molecule has 0 atom stereocenters. The number of carbonyl (C=O) groups is 3. The van der Waals surface area contributed by atoms with Gasteiger partial charge in [0.2, 0.25) is 11.8 Å². The van der Waals surface area contributed by atoms with Crippen LogP contribution in [0.1, 0.15) is 0 Å². The highest BCUT2D eigenvalue weighted by atomic mass is 32.2. The van der Waals surface area contributed by atoms with Crippen molar-refractivity contribution in [3.63, 3.8) is 0 Å². The van der Waals surface area contributed by atoms with Crippen LogP contribution in [0.2, 0.25) is 0 Å². The van der Waals surface area contributed by atoms with Gasteiger partial charge in [-0.05, 0) is 48.5 Å². The third kappa shape index (κ3) is 7.05. The highest BCUT2D eigenvalue weighted by molar-refractivity contribution is 8.00. The minimum absolute atomic E-state index is 0.165. The molecule has 0 saturated heterocycles. The summed E-state index contributed by atoms with van der Waals surface area (Å²) in [6, 6.07) is 12.8. The van der Waals surface area contributed by atoms with Gasteiger partial charge in [0, 0.05) is 33.7 Å². The third-order valence-electron chi connectivity index (χ3n) is 3.76. The number of hydrogen-bond acceptors (Lipinski definition) is 6. The molecule has 0 unspecified atom stereocenters. The Balaban J connectivity index is 1.48. The first-order valence-corrected chi connectivity index (χ1v) is 10.7. The van der Waals surface area contributed by atoms with Gasteiger partial charge >= 0.3 is 5.97 Å². The van der Waals surface area contributed by atoms with Crippen molar-refractivity contribution in [1.82, 2.24) is 4.98 Å². The molecule has 0 fully saturated rings. The van der Waals surface area contributed by atoms with E-state index in [1.54, 1.807) is 41.8 Å². The molecule has 0 radical (unpaired) electrons. The average Bonchev–Trinajstić information content (AvgIpc) is 3.20. The van der Waals surface area contributed by atoms with Gasteiger partial charge in [-0.2, -0.15) is 0 Å². The highest BCUT2D eigenvalue weighted by Crippen LogP contribution is 2.26. The lowest BCUT2D eigenvalue weighted by Gasteiger charge is -2.05. The fourth-order valence-electron chi connectivity index (χ4n) is 2.35. The van der Waals surface area contributed by atoms with Crippen LogP contribution in [-0.2, 0) is 14.4 Å². The van der Waals surface area contributed by atoms with E-state index < -0.39 is 11.9 Å². The van der Waals surface area contributed by atoms with Gasteiger partial charge in [-0.25, -0.2) is 14.2 Å². The molecule has 0 bridgehead atoms. The van der Waals surface area contributed by atoms with Crippen molar-refractivity contribution in [2.45, 2.75) is 4.90 Å². The number of carboxylic acids is 1. The third-order valence-corrected chi connectivity index (χ3v) is 5.53. The maximum atomic E-state index is 13.0. The maximum Gasteiger partial charge on any atom is 0.328 e. The Morgan fingerprint density at radius 2 is 1.74 bits per heavy atom. The second-order valence-corrected chi connectivity index (χ2v) is 7.97. The van der Waals surface area contributed by atoms with Crippen LogP contribution < -0.4 is 10.6 Å². The van der Waals surface area contributed by atoms with E-state index in [1.165, 1.54) is 35.2 Å². The van der Waals surface area contributed by atoms with Gasteiger partial charge in [0.1, 0.15) is 5.82 Å². The molecule has 1 heterocycles. The van der Waals surface area contributed by atoms with Crippen molar-refractivity contribution in [3.8, 4) is 11.3 Å². The Kier molecular flexibility index (Phi) is 7.52. The second kappa shape index (κ2) is 10.5. The zero-order chi connectivity index (χ0) is 22.2. The summed E-state index contributed by atoms with van der Waals surface area (Å²) in [5.74, 6) is -2.13. The predicted octanol–water partition coefficient (Wildman–Crippen LogP) is 4.26. The van der Waals surface area contributed by atoms with E-state index in [0.717, 1.165) is 22.6 Å². The summed E-state index contributed by atoms with van der Waals surface area (Å²) in [7, 11) is 0. The Hall–Kier alpha value is -3.50. The van der Waals surface area contributed by atoms with Crippen molar-refractivity contribution in [2.75, 3.05) is 16.4 Å². The molecule has 3 N–H and O–H groups in total. The zero-order valence-electron chi connectivity index (χ0n) is 15.9. The fourth-order valence-corrected chi connectivity index (χ4v) is 3.79. The molecule has 2 amide bonds. The van der Waals surface area contributed by atoms with Crippen LogP contribution in [0, 0.1) is 5.82 Å². The molecule has 1 aromatic heterocycles. The number of anilines is 2. The Labute approximate surface area is 185 Å². The molecule has 10 heteroatoms. The van der Waals surface area contributed by atoms with Crippen molar-refractivity contribution < 1.29 is 23.9 Å². The Morgan fingerprint density at radius 1 is 1.03 bits per heavy atom. The van der Waals surface area contributed by atoms with Crippen LogP contribution in [0.3, 0.4) is 0 Å². The molecule has 0 aliphatic rings. The lowest BCUT2D eigenvalue weighted by molar-refractivity contribution is -0.131. The summed E-state index contributed by atoms with van der Waals surface area (Å²) in [6.45, 7) is 0. The van der Waals surface area contributed by atoms with E-state index in [2.05, 4.69) is 15.6 Å². The van der Waals surface area contributed by atoms with Gasteiger partial charge in [-0.15, -0.1) is 23.1 Å². The molecular formula is C21H16FN3O4S2. The van der Waals surface area contributed by atoms with E-state index in [0.29, 0.717) is 16.5 Å². The smallest absolute Gasteiger partial charge is 0.328 e. The molecule has 31 heavy (non-hydrogen) atoms. The van der Waals surface area contributed by atoms with Crippen LogP contribution in [0.25, 0.3) is 11.3 Å². The predicted molar refractivity (Wildman–Crippen MR) is 119 cm³/mol. The lowest BCUT2D eigenvalue weighted by atomic mass is 10.2. The number of nitrogens with zero attached hydrogens (tertiary/aromatic N) is 1. The van der Waals surface area contributed by atoms with Crippen molar-refractivity contribution in [3.05, 3.63) is 71.9 Å². The van der Waals surface area contributed by atoms with E-state index in [9.17, 15) is 18.8 Å². The average molecular weight is 458 g/mol. The summed E-state index contributed by atoms with van der Waals surface area (Å²) < 4.78 is 13.0. The highest BCUT2D eigenvalue weighted by Gasteiger charge is 2.09. The first-order chi connectivity index (χ1) is 14.9. The summed E-state index contributed by atoms with van der Waals surface area (Å²) in [6.07, 6.45) is 1.68. The van der Waals surface area contributed by atoms with Crippen LogP contribution in [-0.4, -0.2) is 33.6 Å². The normalized spacial score (nSPS) is 10.7. The quantitative estimate of drug-likeness (QED) is 0.345. The minimum Gasteiger partial charge on any atom is -0.478 e. The maximum absolute atomic E-state index is 13.0. The number of rotatable bonds is 8. The van der Waals surface area contributed by atoms with Gasteiger partial charge in [-0.1, -0.05) is 0 Å². The van der Waals surface area contributed by atoms with Crippen molar-refractivity contribution >= 4 is 51.7 Å². The lowest BCUT2D eigenvalue weighted by Crippen LogP contribution is -2.13. The molecule has 0 spiro atoms. The standard InChI is InChI=1S/C21H16FN3O4S2/c22-14-3-1-13(2-4-14)17-11-31-21(24-17)25-19(27)12-30-16-7-5-15(6-8-16)23-18(26)9-10-20(28)29/h1-11H,12H2,(H,23,26)(H,28,29)(H,24,25,27)/b10-9+. The second-order valence-electron chi connectivity index (χ2n) is 6.07. The summed E-state index contributed by atoms with van der Waals surface area (Å²) >= 11 is 2.60. The molecule has 7 nitrogen and oxygen atoms in total. The van der Waals surface area contributed by atoms with Gasteiger partial charge in [0.05, 0.1) is 11.4 Å². The number of amides is 2. The molecule has 0 saturated carbocycles. The van der Waals surface area contributed by atoms with Crippen LogP contribution >= 0.6 is 23.1 Å². The van der Waals surface area contributed by atoms with Gasteiger partial charge in [0.15, 0.2) is 5.13 Å². The number of aliphatic carboxylic acids is 1. The molecule has 0 aliphatic carbocycles. The first-order valence-electron chi connectivity index (χ1n) is 8.85. The minimum atomic E-state index is -1.20. The Morgan fingerprint density at radius 3 is 2.42 bits per heavy atom. The Bertz CT molecular complexity index is 1110. The number of nitrogens with one attached hydrogen (secondary N) is 2. The monoisotopic (exact) mass is 457 g/mol. The van der Waals surface area contributed by atoms with Crippen LogP contribution in [0.4, 0.5) is 15.2 Å². The van der Waals surface area contributed by atoms with Crippen LogP contribution in [0.5, 0.6) is 0 Å².